The smallest absolute Gasteiger partial charge is 0.253 e. The van der Waals surface area contributed by atoms with Crippen LogP contribution in [0.3, 0.4) is 0 Å². The number of carbonyl (C=O) groups is 1. The first-order chi connectivity index (χ1) is 12.6. The molecular weight excluding hydrogens is 328 g/mol. The Morgan fingerprint density at radius 3 is 2.85 bits per heavy atom. The van der Waals surface area contributed by atoms with Gasteiger partial charge in [-0.1, -0.05) is 6.07 Å². The first-order valence-corrected chi connectivity index (χ1v) is 8.91. The van der Waals surface area contributed by atoms with Crippen LogP contribution in [0.4, 0.5) is 0 Å². The lowest BCUT2D eigenvalue weighted by Gasteiger charge is -2.32. The summed E-state index contributed by atoms with van der Waals surface area (Å²) in [4.78, 5) is 19.0. The van der Waals surface area contributed by atoms with Crippen molar-refractivity contribution in [2.24, 2.45) is 5.92 Å². The Hall–Kier alpha value is -2.65. The van der Waals surface area contributed by atoms with Gasteiger partial charge in [0.25, 0.3) is 5.91 Å². The van der Waals surface area contributed by atoms with Crippen LogP contribution in [0.5, 0.6) is 0 Å². The van der Waals surface area contributed by atoms with Crippen LogP contribution in [-0.4, -0.2) is 40.6 Å². The van der Waals surface area contributed by atoms with Gasteiger partial charge in [-0.3, -0.25) is 4.79 Å². The number of ether oxygens (including phenoxy) is 1. The molecule has 26 heavy (non-hydrogen) atoms. The molecule has 0 radical (unpaired) electrons. The number of hydrogen-bond donors (Lipinski definition) is 0. The molecule has 1 aromatic heterocycles. The Labute approximate surface area is 154 Å². The summed E-state index contributed by atoms with van der Waals surface area (Å²) in [5.41, 5.74) is 2.26. The molecule has 6 nitrogen and oxygen atoms in total. The lowest BCUT2D eigenvalue weighted by atomic mass is 9.96. The summed E-state index contributed by atoms with van der Waals surface area (Å²) in [6.45, 7) is 4.98. The summed E-state index contributed by atoms with van der Waals surface area (Å²) < 4.78 is 7.45. The highest BCUT2D eigenvalue weighted by Crippen LogP contribution is 2.22. The number of imidazole rings is 1. The van der Waals surface area contributed by atoms with Gasteiger partial charge in [0, 0.05) is 44.2 Å². The maximum absolute atomic E-state index is 12.7. The van der Waals surface area contributed by atoms with Crippen molar-refractivity contribution in [3.8, 4) is 6.07 Å². The van der Waals surface area contributed by atoms with E-state index in [1.54, 1.807) is 31.4 Å². The topological polar surface area (TPSA) is 71.2 Å². The number of aromatic nitrogens is 2. The second kappa shape index (κ2) is 8.15. The number of carbonyl (C=O) groups excluding carboxylic acids is 1. The minimum atomic E-state index is 0.0134. The van der Waals surface area contributed by atoms with Gasteiger partial charge in [0.05, 0.1) is 11.6 Å². The van der Waals surface area contributed by atoms with Crippen molar-refractivity contribution in [2.45, 2.75) is 32.9 Å². The molecule has 1 saturated heterocycles. The van der Waals surface area contributed by atoms with Crippen LogP contribution in [0, 0.1) is 24.2 Å². The molecule has 0 unspecified atom stereocenters. The Morgan fingerprint density at radius 2 is 2.15 bits per heavy atom. The van der Waals surface area contributed by atoms with Crippen LogP contribution in [0.2, 0.25) is 0 Å². The number of benzene rings is 1. The average molecular weight is 352 g/mol. The molecule has 1 fully saturated rings. The average Bonchev–Trinajstić information content (AvgIpc) is 3.02. The quantitative estimate of drug-likeness (QED) is 0.829. The number of nitriles is 1. The van der Waals surface area contributed by atoms with Crippen molar-refractivity contribution in [2.75, 3.05) is 20.2 Å². The number of likely N-dealkylation sites (tertiary alicyclic amines) is 1. The summed E-state index contributed by atoms with van der Waals surface area (Å²) in [6.07, 6.45) is 3.82. The minimum Gasteiger partial charge on any atom is -0.377 e. The number of nitrogens with zero attached hydrogens (tertiary/aromatic N) is 4. The molecule has 0 spiro atoms. The molecule has 0 atom stereocenters. The lowest BCUT2D eigenvalue weighted by molar-refractivity contribution is 0.0681. The highest BCUT2D eigenvalue weighted by atomic mass is 16.5. The Balaban J connectivity index is 1.60. The van der Waals surface area contributed by atoms with Gasteiger partial charge in [-0.15, -0.1) is 0 Å². The summed E-state index contributed by atoms with van der Waals surface area (Å²) in [5.74, 6) is 1.49. The fraction of sp³-hybridized carbons (Fsp3) is 0.450. The number of aryl methyl sites for hydroxylation is 1. The monoisotopic (exact) mass is 352 g/mol. The van der Waals surface area contributed by atoms with E-state index in [1.807, 2.05) is 11.1 Å². The maximum Gasteiger partial charge on any atom is 0.253 e. The molecule has 0 aliphatic carbocycles. The predicted molar refractivity (Wildman–Crippen MR) is 97.5 cm³/mol. The molecule has 2 aromatic rings. The van der Waals surface area contributed by atoms with Crippen LogP contribution < -0.4 is 0 Å². The van der Waals surface area contributed by atoms with Crippen LogP contribution >= 0.6 is 0 Å². The zero-order valence-electron chi connectivity index (χ0n) is 15.3. The van der Waals surface area contributed by atoms with Gasteiger partial charge in [-0.25, -0.2) is 4.98 Å². The van der Waals surface area contributed by atoms with E-state index in [4.69, 9.17) is 10.00 Å². The van der Waals surface area contributed by atoms with Gasteiger partial charge >= 0.3 is 0 Å². The second-order valence-corrected chi connectivity index (χ2v) is 6.79. The predicted octanol–water partition coefficient (Wildman–Crippen LogP) is 2.76. The minimum absolute atomic E-state index is 0.0134. The molecule has 0 bridgehead atoms. The van der Waals surface area contributed by atoms with Crippen LogP contribution in [-0.2, 0) is 17.9 Å². The summed E-state index contributed by atoms with van der Waals surface area (Å²) in [6, 6.07) is 9.01. The number of methoxy groups -OCH3 is 1. The summed E-state index contributed by atoms with van der Waals surface area (Å²) >= 11 is 0. The third-order valence-electron chi connectivity index (χ3n) is 4.99. The van der Waals surface area contributed by atoms with Crippen molar-refractivity contribution in [1.82, 2.24) is 14.5 Å². The van der Waals surface area contributed by atoms with Gasteiger partial charge in [0.1, 0.15) is 12.4 Å². The fourth-order valence-corrected chi connectivity index (χ4v) is 3.49. The van der Waals surface area contributed by atoms with Crippen LogP contribution in [0.1, 0.15) is 40.3 Å². The molecule has 136 valence electrons. The molecule has 1 aliphatic rings. The van der Waals surface area contributed by atoms with Crippen LogP contribution in [0.25, 0.3) is 0 Å². The standard InChI is InChI=1S/C20H24N4O2/c1-15-12-22-19(14-26-2)24(15)13-16-6-8-23(9-7-16)20(25)18-5-3-4-17(10-18)11-21/h3-5,10,12,16H,6-9,13-14H2,1-2H3. The number of piperidine rings is 1. The van der Waals surface area contributed by atoms with E-state index in [2.05, 4.69) is 22.5 Å². The summed E-state index contributed by atoms with van der Waals surface area (Å²) in [7, 11) is 1.68. The third-order valence-corrected chi connectivity index (χ3v) is 4.99. The lowest BCUT2D eigenvalue weighted by Crippen LogP contribution is -2.39. The van der Waals surface area contributed by atoms with Crippen molar-refractivity contribution < 1.29 is 9.53 Å². The normalized spacial score (nSPS) is 15.0. The van der Waals surface area contributed by atoms with Crippen molar-refractivity contribution >= 4 is 5.91 Å². The molecule has 6 heteroatoms. The Kier molecular flexibility index (Phi) is 5.69. The molecule has 0 saturated carbocycles. The second-order valence-electron chi connectivity index (χ2n) is 6.79. The van der Waals surface area contributed by atoms with E-state index in [1.165, 1.54) is 0 Å². The maximum atomic E-state index is 12.7. The molecule has 0 N–H and O–H groups in total. The van der Waals surface area contributed by atoms with Crippen molar-refractivity contribution in [3.63, 3.8) is 0 Å². The first-order valence-electron chi connectivity index (χ1n) is 8.91. The number of amides is 1. The SMILES string of the molecule is COCc1ncc(C)n1CC1CCN(C(=O)c2cccc(C#N)c2)CC1. The van der Waals surface area contributed by atoms with Crippen molar-refractivity contribution in [3.05, 3.63) is 53.1 Å². The molecule has 1 aliphatic heterocycles. The molecular formula is C20H24N4O2. The van der Waals surface area contributed by atoms with Crippen molar-refractivity contribution in [1.29, 1.82) is 5.26 Å². The molecule has 1 aromatic carbocycles. The Bertz CT molecular complexity index is 813. The van der Waals surface area contributed by atoms with E-state index in [0.29, 0.717) is 23.7 Å². The van der Waals surface area contributed by atoms with E-state index in [9.17, 15) is 4.79 Å². The highest BCUT2D eigenvalue weighted by molar-refractivity contribution is 5.94. The van der Waals surface area contributed by atoms with E-state index >= 15 is 0 Å². The summed E-state index contributed by atoms with van der Waals surface area (Å²) in [5, 5.41) is 9.00. The zero-order valence-corrected chi connectivity index (χ0v) is 15.3. The van der Waals surface area contributed by atoms with Gasteiger partial charge in [-0.05, 0) is 43.9 Å². The van der Waals surface area contributed by atoms with Gasteiger partial charge < -0.3 is 14.2 Å². The fourth-order valence-electron chi connectivity index (χ4n) is 3.49. The van der Waals surface area contributed by atoms with Gasteiger partial charge in [0.2, 0.25) is 0 Å². The van der Waals surface area contributed by atoms with E-state index in [-0.39, 0.29) is 5.91 Å². The number of rotatable bonds is 5. The van der Waals surface area contributed by atoms with Gasteiger partial charge in [0.15, 0.2) is 0 Å². The zero-order chi connectivity index (χ0) is 18.5. The van der Waals surface area contributed by atoms with Gasteiger partial charge in [-0.2, -0.15) is 5.26 Å². The molecule has 1 amide bonds. The molecule has 2 heterocycles. The largest absolute Gasteiger partial charge is 0.377 e. The van der Waals surface area contributed by atoms with E-state index < -0.39 is 0 Å². The van der Waals surface area contributed by atoms with Crippen LogP contribution in [0.15, 0.2) is 30.5 Å². The highest BCUT2D eigenvalue weighted by Gasteiger charge is 2.25. The third kappa shape index (κ3) is 3.94. The van der Waals surface area contributed by atoms with E-state index in [0.717, 1.165) is 44.0 Å². The first kappa shape index (κ1) is 18.2. The number of hydrogen-bond acceptors (Lipinski definition) is 4. The molecule has 3 rings (SSSR count). The Morgan fingerprint density at radius 1 is 1.38 bits per heavy atom.